The lowest BCUT2D eigenvalue weighted by Crippen LogP contribution is -2.46. The van der Waals surface area contributed by atoms with Gasteiger partial charge in [-0.25, -0.2) is 4.79 Å². The number of amides is 1. The van der Waals surface area contributed by atoms with Crippen LogP contribution in [0, 0.1) is 11.8 Å². The Bertz CT molecular complexity index is 782. The Morgan fingerprint density at radius 1 is 1.00 bits per heavy atom. The van der Waals surface area contributed by atoms with Crippen LogP contribution in [0.4, 0.5) is 0 Å². The van der Waals surface area contributed by atoms with Crippen LogP contribution >= 0.6 is 0 Å². The summed E-state index contributed by atoms with van der Waals surface area (Å²) in [6, 6.07) is 17.3. The zero-order chi connectivity index (χ0) is 20.9. The smallest absolute Gasteiger partial charge is 0.348 e. The lowest BCUT2D eigenvalue weighted by Gasteiger charge is -2.34. The molecule has 1 aliphatic rings. The Hall–Kier alpha value is -2.66. The van der Waals surface area contributed by atoms with E-state index in [2.05, 4.69) is 19.2 Å². The summed E-state index contributed by atoms with van der Waals surface area (Å²) in [4.78, 5) is 25.3. The van der Waals surface area contributed by atoms with Crippen LogP contribution in [-0.4, -0.2) is 29.6 Å². The van der Waals surface area contributed by atoms with E-state index in [1.807, 2.05) is 0 Å². The Morgan fingerprint density at radius 2 is 1.55 bits per heavy atom. The average molecular weight is 395 g/mol. The maximum absolute atomic E-state index is 12.9. The van der Waals surface area contributed by atoms with Crippen LogP contribution in [-0.2, 0) is 19.9 Å². The first-order chi connectivity index (χ1) is 13.9. The van der Waals surface area contributed by atoms with Gasteiger partial charge in [-0.3, -0.25) is 4.79 Å². The SMILES string of the molecule is CC1CCCC(NC(=O)COC(=O)C(O)(c2ccccc2)c2ccccc2)C1C. The molecular formula is C24H29NO4. The van der Waals surface area contributed by atoms with Crippen LogP contribution in [0.1, 0.15) is 44.2 Å². The molecule has 2 aromatic rings. The number of esters is 1. The number of rotatable bonds is 6. The van der Waals surface area contributed by atoms with Crippen LogP contribution < -0.4 is 5.32 Å². The minimum Gasteiger partial charge on any atom is -0.453 e. The van der Waals surface area contributed by atoms with E-state index in [0.717, 1.165) is 12.8 Å². The highest BCUT2D eigenvalue weighted by Crippen LogP contribution is 2.31. The largest absolute Gasteiger partial charge is 0.453 e. The third kappa shape index (κ3) is 4.67. The van der Waals surface area contributed by atoms with Crippen LogP contribution in [0.3, 0.4) is 0 Å². The molecule has 0 bridgehead atoms. The average Bonchev–Trinajstić information content (AvgIpc) is 2.76. The normalized spacial score (nSPS) is 22.0. The zero-order valence-electron chi connectivity index (χ0n) is 17.0. The van der Waals surface area contributed by atoms with E-state index in [1.54, 1.807) is 60.7 Å². The van der Waals surface area contributed by atoms with Gasteiger partial charge in [0.25, 0.3) is 5.91 Å². The van der Waals surface area contributed by atoms with Crippen molar-refractivity contribution in [1.29, 1.82) is 0 Å². The predicted molar refractivity (Wildman–Crippen MR) is 111 cm³/mol. The quantitative estimate of drug-likeness (QED) is 0.735. The molecule has 29 heavy (non-hydrogen) atoms. The van der Waals surface area contributed by atoms with E-state index in [9.17, 15) is 14.7 Å². The number of hydrogen-bond acceptors (Lipinski definition) is 4. The number of carbonyl (C=O) groups is 2. The zero-order valence-corrected chi connectivity index (χ0v) is 17.0. The fourth-order valence-electron chi connectivity index (χ4n) is 4.03. The van der Waals surface area contributed by atoms with Crippen molar-refractivity contribution in [3.63, 3.8) is 0 Å². The van der Waals surface area contributed by atoms with Gasteiger partial charge in [-0.05, 0) is 29.4 Å². The summed E-state index contributed by atoms with van der Waals surface area (Å²) >= 11 is 0. The fraction of sp³-hybridized carbons (Fsp3) is 0.417. The number of hydrogen-bond donors (Lipinski definition) is 2. The first kappa shape index (κ1) is 21.1. The molecular weight excluding hydrogens is 366 g/mol. The van der Waals surface area contributed by atoms with Crippen molar-refractivity contribution in [3.8, 4) is 0 Å². The van der Waals surface area contributed by atoms with Crippen molar-refractivity contribution in [3.05, 3.63) is 71.8 Å². The molecule has 0 heterocycles. The Morgan fingerprint density at radius 3 is 2.10 bits per heavy atom. The van der Waals surface area contributed by atoms with Crippen molar-refractivity contribution in [2.75, 3.05) is 6.61 Å². The standard InChI is InChI=1S/C24H29NO4/c1-17-10-9-15-21(18(17)2)25-22(26)16-29-23(27)24(28,19-11-5-3-6-12-19)20-13-7-4-8-14-20/h3-8,11-14,17-18,21,28H,9-10,15-16H2,1-2H3,(H,25,26). The summed E-state index contributed by atoms with van der Waals surface area (Å²) in [7, 11) is 0. The van der Waals surface area contributed by atoms with Gasteiger partial charge in [0.1, 0.15) is 0 Å². The Balaban J connectivity index is 1.70. The fourth-order valence-corrected chi connectivity index (χ4v) is 4.03. The molecule has 3 rings (SSSR count). The molecule has 1 fully saturated rings. The highest BCUT2D eigenvalue weighted by Gasteiger charge is 2.42. The number of benzene rings is 2. The molecule has 0 aliphatic heterocycles. The molecule has 0 saturated heterocycles. The molecule has 2 aromatic carbocycles. The second-order valence-electron chi connectivity index (χ2n) is 7.96. The minimum absolute atomic E-state index is 0.0899. The first-order valence-electron chi connectivity index (χ1n) is 10.2. The van der Waals surface area contributed by atoms with E-state index in [1.165, 1.54) is 6.42 Å². The molecule has 0 aromatic heterocycles. The van der Waals surface area contributed by atoms with Crippen molar-refractivity contribution in [2.24, 2.45) is 11.8 Å². The highest BCUT2D eigenvalue weighted by molar-refractivity contribution is 5.88. The van der Waals surface area contributed by atoms with E-state index in [4.69, 9.17) is 4.74 Å². The molecule has 3 unspecified atom stereocenters. The van der Waals surface area contributed by atoms with Crippen LogP contribution in [0.5, 0.6) is 0 Å². The summed E-state index contributed by atoms with van der Waals surface area (Å²) < 4.78 is 5.28. The van der Waals surface area contributed by atoms with Gasteiger partial charge in [0.15, 0.2) is 6.61 Å². The predicted octanol–water partition coefficient (Wildman–Crippen LogP) is 3.41. The van der Waals surface area contributed by atoms with Gasteiger partial charge in [-0.15, -0.1) is 0 Å². The second kappa shape index (κ2) is 9.23. The van der Waals surface area contributed by atoms with Crippen molar-refractivity contribution < 1.29 is 19.4 Å². The molecule has 154 valence electrons. The Kier molecular flexibility index (Phi) is 6.70. The molecule has 1 amide bonds. The lowest BCUT2D eigenvalue weighted by atomic mass is 9.78. The molecule has 5 nitrogen and oxygen atoms in total. The molecule has 1 saturated carbocycles. The van der Waals surface area contributed by atoms with Gasteiger partial charge in [-0.2, -0.15) is 0 Å². The number of aliphatic hydroxyl groups is 1. The lowest BCUT2D eigenvalue weighted by molar-refractivity contribution is -0.164. The molecule has 3 atom stereocenters. The van der Waals surface area contributed by atoms with E-state index < -0.39 is 18.2 Å². The summed E-state index contributed by atoms with van der Waals surface area (Å²) in [5.74, 6) is -0.269. The van der Waals surface area contributed by atoms with Gasteiger partial charge >= 0.3 is 5.97 Å². The molecule has 0 spiro atoms. The number of nitrogens with one attached hydrogen (secondary N) is 1. The van der Waals surface area contributed by atoms with Gasteiger partial charge in [0.05, 0.1) is 0 Å². The second-order valence-corrected chi connectivity index (χ2v) is 7.96. The highest BCUT2D eigenvalue weighted by atomic mass is 16.6. The van der Waals surface area contributed by atoms with Crippen molar-refractivity contribution in [2.45, 2.75) is 44.8 Å². The van der Waals surface area contributed by atoms with Gasteiger partial charge in [-0.1, -0.05) is 87.4 Å². The van der Waals surface area contributed by atoms with Gasteiger partial charge < -0.3 is 15.2 Å². The third-order valence-electron chi connectivity index (χ3n) is 6.07. The summed E-state index contributed by atoms with van der Waals surface area (Å²) in [6.07, 6.45) is 3.19. The minimum atomic E-state index is -1.98. The van der Waals surface area contributed by atoms with Gasteiger partial charge in [0.2, 0.25) is 5.60 Å². The third-order valence-corrected chi connectivity index (χ3v) is 6.07. The summed E-state index contributed by atoms with van der Waals surface area (Å²) in [6.45, 7) is 3.92. The van der Waals surface area contributed by atoms with Crippen molar-refractivity contribution in [1.82, 2.24) is 5.32 Å². The Labute approximate surface area is 172 Å². The van der Waals surface area contributed by atoms with Crippen LogP contribution in [0.25, 0.3) is 0 Å². The van der Waals surface area contributed by atoms with Crippen LogP contribution in [0.2, 0.25) is 0 Å². The first-order valence-corrected chi connectivity index (χ1v) is 10.2. The number of ether oxygens (including phenoxy) is 1. The molecule has 2 N–H and O–H groups in total. The summed E-state index contributed by atoms with van der Waals surface area (Å²) in [5, 5.41) is 14.3. The van der Waals surface area contributed by atoms with E-state index >= 15 is 0 Å². The molecule has 5 heteroatoms. The van der Waals surface area contributed by atoms with Gasteiger partial charge in [0, 0.05) is 6.04 Å². The molecule has 1 aliphatic carbocycles. The van der Waals surface area contributed by atoms with Crippen LogP contribution in [0.15, 0.2) is 60.7 Å². The summed E-state index contributed by atoms with van der Waals surface area (Å²) in [5.41, 5.74) is -1.19. The monoisotopic (exact) mass is 395 g/mol. The topological polar surface area (TPSA) is 75.6 Å². The van der Waals surface area contributed by atoms with E-state index in [0.29, 0.717) is 23.0 Å². The molecule has 0 radical (unpaired) electrons. The van der Waals surface area contributed by atoms with E-state index in [-0.39, 0.29) is 11.9 Å². The maximum Gasteiger partial charge on any atom is 0.348 e. The number of carbonyl (C=O) groups excluding carboxylic acids is 2. The maximum atomic E-state index is 12.9. The van der Waals surface area contributed by atoms with Crippen molar-refractivity contribution >= 4 is 11.9 Å².